The highest BCUT2D eigenvalue weighted by Gasteiger charge is 2.50. The number of rotatable bonds is 10. The molecule has 0 aromatic rings. The van der Waals surface area contributed by atoms with Gasteiger partial charge in [-0.1, -0.05) is 0 Å². The third-order valence-electron chi connectivity index (χ3n) is 5.60. The fourth-order valence-corrected chi connectivity index (χ4v) is 4.26. The Hall–Kier alpha value is -1.16. The first-order valence-electron chi connectivity index (χ1n) is 10.4. The Labute approximate surface area is 166 Å². The first-order valence-corrected chi connectivity index (χ1v) is 10.4. The van der Waals surface area contributed by atoms with Gasteiger partial charge in [-0.05, 0) is 38.1 Å². The molecular weight excluding hydrogens is 364 g/mol. The zero-order valence-electron chi connectivity index (χ0n) is 16.3. The second-order valence-electron chi connectivity index (χ2n) is 7.56. The van der Waals surface area contributed by atoms with Gasteiger partial charge in [0.25, 0.3) is 0 Å². The Morgan fingerprint density at radius 2 is 1.29 bits per heavy atom. The Morgan fingerprint density at radius 1 is 0.821 bits per heavy atom. The third kappa shape index (κ3) is 4.37. The van der Waals surface area contributed by atoms with Crippen LogP contribution >= 0.6 is 0 Å². The maximum Gasteiger partial charge on any atom is 0.121 e. The normalized spacial score (nSPS) is 33.8. The van der Waals surface area contributed by atoms with E-state index in [0.717, 1.165) is 24.4 Å². The average molecular weight is 396 g/mol. The van der Waals surface area contributed by atoms with E-state index in [-0.39, 0.29) is 36.6 Å². The van der Waals surface area contributed by atoms with Crippen LogP contribution in [0, 0.1) is 0 Å². The minimum atomic E-state index is -0.157. The fourth-order valence-electron chi connectivity index (χ4n) is 4.26. The molecule has 158 valence electrons. The van der Waals surface area contributed by atoms with Crippen molar-refractivity contribution in [3.05, 3.63) is 23.7 Å². The largest absolute Gasteiger partial charge is 0.495 e. The summed E-state index contributed by atoms with van der Waals surface area (Å²) in [5.74, 6) is 1.76. The van der Waals surface area contributed by atoms with Crippen molar-refractivity contribution in [1.29, 1.82) is 0 Å². The Kier molecular flexibility index (Phi) is 6.87. The lowest BCUT2D eigenvalue weighted by Gasteiger charge is -2.25. The average Bonchev–Trinajstić information content (AvgIpc) is 3.48. The van der Waals surface area contributed by atoms with Crippen LogP contribution in [0.1, 0.15) is 25.7 Å². The lowest BCUT2D eigenvalue weighted by Crippen LogP contribution is -2.38. The summed E-state index contributed by atoms with van der Waals surface area (Å²) < 4.78 is 36.1. The zero-order valence-corrected chi connectivity index (χ0v) is 16.3. The molecular formula is C20H32N2O6. The third-order valence-corrected chi connectivity index (χ3v) is 5.60. The molecule has 0 aliphatic carbocycles. The molecule has 0 spiro atoms. The van der Waals surface area contributed by atoms with Gasteiger partial charge in [-0.15, -0.1) is 0 Å². The molecule has 4 aliphatic rings. The van der Waals surface area contributed by atoms with Gasteiger partial charge in [-0.3, -0.25) is 0 Å². The predicted molar refractivity (Wildman–Crippen MR) is 101 cm³/mol. The van der Waals surface area contributed by atoms with Gasteiger partial charge in [0.15, 0.2) is 0 Å². The molecule has 6 unspecified atom stereocenters. The van der Waals surface area contributed by atoms with Gasteiger partial charge >= 0.3 is 0 Å². The van der Waals surface area contributed by atoms with Gasteiger partial charge < -0.3 is 39.9 Å². The summed E-state index contributed by atoms with van der Waals surface area (Å²) in [6.45, 7) is 3.44. The van der Waals surface area contributed by atoms with Crippen molar-refractivity contribution >= 4 is 0 Å². The quantitative estimate of drug-likeness (QED) is 0.553. The SMILES string of the molecule is NCCC(OC1COC2C(OC(CCN)C3=CCCO3)COC12)C1=CCCO1. The Morgan fingerprint density at radius 3 is 1.64 bits per heavy atom. The van der Waals surface area contributed by atoms with Crippen LogP contribution in [0.3, 0.4) is 0 Å². The molecule has 0 aromatic carbocycles. The van der Waals surface area contributed by atoms with Crippen LogP contribution in [-0.2, 0) is 28.4 Å². The Balaban J connectivity index is 1.35. The van der Waals surface area contributed by atoms with Gasteiger partial charge in [0.1, 0.15) is 48.1 Å². The second kappa shape index (κ2) is 9.56. The van der Waals surface area contributed by atoms with Crippen LogP contribution in [0.4, 0.5) is 0 Å². The van der Waals surface area contributed by atoms with E-state index in [9.17, 15) is 0 Å². The van der Waals surface area contributed by atoms with E-state index in [1.54, 1.807) is 0 Å². The summed E-state index contributed by atoms with van der Waals surface area (Å²) in [6.07, 6.45) is 6.52. The van der Waals surface area contributed by atoms with Gasteiger partial charge in [0, 0.05) is 12.8 Å². The molecule has 6 atom stereocenters. The van der Waals surface area contributed by atoms with E-state index in [4.69, 9.17) is 39.9 Å². The van der Waals surface area contributed by atoms with Gasteiger partial charge in [-0.25, -0.2) is 0 Å². The van der Waals surface area contributed by atoms with E-state index in [2.05, 4.69) is 12.2 Å². The smallest absolute Gasteiger partial charge is 0.121 e. The highest BCUT2D eigenvalue weighted by Crippen LogP contribution is 2.34. The highest BCUT2D eigenvalue weighted by molar-refractivity contribution is 5.08. The molecule has 0 saturated carbocycles. The number of ether oxygens (including phenoxy) is 6. The number of hydrogen-bond donors (Lipinski definition) is 2. The topological polar surface area (TPSA) is 107 Å². The van der Waals surface area contributed by atoms with Crippen LogP contribution in [0.2, 0.25) is 0 Å². The van der Waals surface area contributed by atoms with Crippen molar-refractivity contribution in [3.8, 4) is 0 Å². The number of nitrogens with two attached hydrogens (primary N) is 2. The lowest BCUT2D eigenvalue weighted by molar-refractivity contribution is -0.0886. The van der Waals surface area contributed by atoms with Crippen LogP contribution < -0.4 is 11.5 Å². The fraction of sp³-hybridized carbons (Fsp3) is 0.800. The van der Waals surface area contributed by atoms with Gasteiger partial charge in [0.05, 0.1) is 26.4 Å². The molecule has 4 rings (SSSR count). The number of hydrogen-bond acceptors (Lipinski definition) is 8. The minimum Gasteiger partial charge on any atom is -0.495 e. The van der Waals surface area contributed by atoms with Crippen LogP contribution in [0.15, 0.2) is 23.7 Å². The van der Waals surface area contributed by atoms with Crippen molar-refractivity contribution in [2.75, 3.05) is 39.5 Å². The molecule has 8 heteroatoms. The van der Waals surface area contributed by atoms with Crippen molar-refractivity contribution in [2.45, 2.75) is 62.3 Å². The Bertz CT molecular complexity index is 533. The summed E-state index contributed by atoms with van der Waals surface area (Å²) in [5, 5.41) is 0. The maximum atomic E-state index is 6.32. The molecule has 0 amide bonds. The highest BCUT2D eigenvalue weighted by atomic mass is 16.7. The lowest BCUT2D eigenvalue weighted by atomic mass is 10.1. The minimum absolute atomic E-state index is 0.148. The van der Waals surface area contributed by atoms with Crippen molar-refractivity contribution in [1.82, 2.24) is 0 Å². The van der Waals surface area contributed by atoms with E-state index in [1.165, 1.54) is 0 Å². The van der Waals surface area contributed by atoms with Crippen molar-refractivity contribution in [2.24, 2.45) is 11.5 Å². The predicted octanol–water partition coefficient (Wildman–Crippen LogP) is 0.598. The molecule has 0 radical (unpaired) electrons. The first kappa shape index (κ1) is 20.1. The van der Waals surface area contributed by atoms with Crippen LogP contribution in [0.25, 0.3) is 0 Å². The molecule has 4 aliphatic heterocycles. The first-order chi connectivity index (χ1) is 13.8. The molecule has 4 heterocycles. The standard InChI is InChI=1S/C20H32N2O6/c21-7-5-15(13-3-1-9-23-13)27-17-11-25-20-18(12-26-19(17)20)28-16(6-8-22)14-4-2-10-24-14/h3-4,15-20H,1-2,5-12,21-22H2. The van der Waals surface area contributed by atoms with E-state index in [1.807, 2.05) is 0 Å². The van der Waals surface area contributed by atoms with Crippen LogP contribution in [0.5, 0.6) is 0 Å². The summed E-state index contributed by atoms with van der Waals surface area (Å²) >= 11 is 0. The molecule has 4 N–H and O–H groups in total. The molecule has 28 heavy (non-hydrogen) atoms. The molecule has 0 aromatic heterocycles. The summed E-state index contributed by atoms with van der Waals surface area (Å²) in [4.78, 5) is 0. The second-order valence-corrected chi connectivity index (χ2v) is 7.56. The summed E-state index contributed by atoms with van der Waals surface area (Å²) in [7, 11) is 0. The maximum absolute atomic E-state index is 6.32. The van der Waals surface area contributed by atoms with E-state index >= 15 is 0 Å². The van der Waals surface area contributed by atoms with Gasteiger partial charge in [-0.2, -0.15) is 0 Å². The van der Waals surface area contributed by atoms with E-state index in [0.29, 0.717) is 52.4 Å². The summed E-state index contributed by atoms with van der Waals surface area (Å²) in [6, 6.07) is 0. The molecule has 0 bridgehead atoms. The monoisotopic (exact) mass is 396 g/mol. The van der Waals surface area contributed by atoms with Gasteiger partial charge in [0.2, 0.25) is 0 Å². The molecule has 2 saturated heterocycles. The van der Waals surface area contributed by atoms with Crippen molar-refractivity contribution in [3.63, 3.8) is 0 Å². The van der Waals surface area contributed by atoms with E-state index < -0.39 is 0 Å². The zero-order chi connectivity index (χ0) is 19.3. The van der Waals surface area contributed by atoms with Crippen molar-refractivity contribution < 1.29 is 28.4 Å². The van der Waals surface area contributed by atoms with Crippen LogP contribution in [-0.4, -0.2) is 76.1 Å². The number of fused-ring (bicyclic) bond motifs is 1. The summed E-state index contributed by atoms with van der Waals surface area (Å²) in [5.41, 5.74) is 11.5. The molecule has 8 nitrogen and oxygen atoms in total. The molecule has 2 fully saturated rings.